The summed E-state index contributed by atoms with van der Waals surface area (Å²) >= 11 is 5.88. The highest BCUT2D eigenvalue weighted by molar-refractivity contribution is 7.89. The van der Waals surface area contributed by atoms with E-state index in [9.17, 15) is 13.2 Å². The van der Waals surface area contributed by atoms with Crippen molar-refractivity contribution in [2.45, 2.75) is 45.6 Å². The van der Waals surface area contributed by atoms with Gasteiger partial charge < -0.3 is 9.64 Å². The van der Waals surface area contributed by atoms with Crippen LogP contribution in [0.15, 0.2) is 35.2 Å². The average molecular weight is 465 g/mol. The van der Waals surface area contributed by atoms with Crippen LogP contribution in [0.4, 0.5) is 0 Å². The van der Waals surface area contributed by atoms with Crippen molar-refractivity contribution in [1.29, 1.82) is 0 Å². The molecule has 1 heterocycles. The maximum absolute atomic E-state index is 13.4. The third-order valence-electron chi connectivity index (χ3n) is 5.92. The summed E-state index contributed by atoms with van der Waals surface area (Å²) in [7, 11) is -3.64. The van der Waals surface area contributed by atoms with Crippen LogP contribution in [0.5, 0.6) is 5.75 Å². The fraction of sp³-hybridized carbons (Fsp3) is 0.435. The molecule has 1 amide bonds. The summed E-state index contributed by atoms with van der Waals surface area (Å²) in [5.41, 5.74) is 3.49. The van der Waals surface area contributed by atoms with Gasteiger partial charge in [0, 0.05) is 31.2 Å². The van der Waals surface area contributed by atoms with E-state index in [0.29, 0.717) is 28.8 Å². The third kappa shape index (κ3) is 4.89. The predicted octanol–water partition coefficient (Wildman–Crippen LogP) is 3.87. The maximum atomic E-state index is 13.4. The van der Waals surface area contributed by atoms with Crippen LogP contribution < -0.4 is 4.74 Å². The minimum absolute atomic E-state index is 0.161. The number of hydrogen-bond donors (Lipinski definition) is 0. The molecule has 1 fully saturated rings. The molecule has 31 heavy (non-hydrogen) atoms. The third-order valence-corrected chi connectivity index (χ3v) is 8.34. The van der Waals surface area contributed by atoms with Crippen molar-refractivity contribution in [2.24, 2.45) is 0 Å². The van der Waals surface area contributed by atoms with E-state index < -0.39 is 16.1 Å². The highest BCUT2D eigenvalue weighted by Crippen LogP contribution is 2.29. The molecule has 0 saturated carbocycles. The zero-order chi connectivity index (χ0) is 22.9. The van der Waals surface area contributed by atoms with Crippen LogP contribution in [0.2, 0.25) is 5.02 Å². The van der Waals surface area contributed by atoms with E-state index in [1.54, 1.807) is 36.1 Å². The molecule has 0 spiro atoms. The van der Waals surface area contributed by atoms with Gasteiger partial charge in [-0.25, -0.2) is 8.42 Å². The number of halogens is 1. The van der Waals surface area contributed by atoms with Crippen LogP contribution >= 0.6 is 11.6 Å². The van der Waals surface area contributed by atoms with Gasteiger partial charge >= 0.3 is 0 Å². The molecule has 1 saturated heterocycles. The van der Waals surface area contributed by atoms with Crippen molar-refractivity contribution < 1.29 is 17.9 Å². The first kappa shape index (κ1) is 23.6. The molecule has 2 aromatic rings. The van der Waals surface area contributed by atoms with E-state index in [2.05, 4.69) is 0 Å². The van der Waals surface area contributed by atoms with Crippen LogP contribution in [0.1, 0.15) is 29.2 Å². The second-order valence-corrected chi connectivity index (χ2v) is 10.3. The van der Waals surface area contributed by atoms with Crippen LogP contribution in [0.25, 0.3) is 0 Å². The van der Waals surface area contributed by atoms with Crippen molar-refractivity contribution in [1.82, 2.24) is 9.21 Å². The summed E-state index contributed by atoms with van der Waals surface area (Å²) in [5, 5.41) is 0.595. The number of sulfonamides is 1. The topological polar surface area (TPSA) is 66.9 Å². The molecular formula is C23H29ClN2O4S. The van der Waals surface area contributed by atoms with Gasteiger partial charge in [-0.05, 0) is 81.1 Å². The number of aryl methyl sites for hydroxylation is 2. The summed E-state index contributed by atoms with van der Waals surface area (Å²) in [4.78, 5) is 14.9. The van der Waals surface area contributed by atoms with Crippen molar-refractivity contribution in [3.8, 4) is 5.75 Å². The molecule has 1 aliphatic heterocycles. The molecule has 0 unspecified atom stereocenters. The first-order chi connectivity index (χ1) is 14.5. The lowest BCUT2D eigenvalue weighted by Crippen LogP contribution is -2.53. The molecule has 0 aromatic heterocycles. The quantitative estimate of drug-likeness (QED) is 0.673. The number of benzene rings is 2. The Labute approximate surface area is 189 Å². The molecule has 0 radical (unpaired) electrons. The van der Waals surface area contributed by atoms with Crippen LogP contribution in [-0.4, -0.2) is 55.8 Å². The molecular weight excluding hydrogens is 436 g/mol. The molecule has 8 heteroatoms. The normalized spacial score (nSPS) is 16.3. The van der Waals surface area contributed by atoms with Crippen LogP contribution in [0, 0.1) is 27.7 Å². The molecule has 0 aliphatic carbocycles. The lowest BCUT2D eigenvalue weighted by molar-refractivity contribution is -0.139. The van der Waals surface area contributed by atoms with Crippen LogP contribution in [0.3, 0.4) is 0 Å². The molecule has 1 aliphatic rings. The Morgan fingerprint density at radius 1 is 0.968 bits per heavy atom. The summed E-state index contributed by atoms with van der Waals surface area (Å²) in [6, 6.07) is 8.85. The van der Waals surface area contributed by atoms with Crippen molar-refractivity contribution in [3.63, 3.8) is 0 Å². The summed E-state index contributed by atoms with van der Waals surface area (Å²) in [5.74, 6) is 0.401. The van der Waals surface area contributed by atoms with Gasteiger partial charge in [0.25, 0.3) is 5.91 Å². The Bertz CT molecular complexity index is 1050. The standard InChI is InChI=1S/C23H29ClN2O4S/c1-15-14-16(2)18(4)22(17(15)3)31(28,29)26-12-10-25(11-13-26)23(27)19(5)30-21-8-6-20(24)7-9-21/h6-9,14,19H,10-13H2,1-5H3/t19-/m0/s1. The van der Waals surface area contributed by atoms with Crippen molar-refractivity contribution >= 4 is 27.5 Å². The van der Waals surface area contributed by atoms with Gasteiger partial charge in [-0.1, -0.05) is 17.7 Å². The second kappa shape index (κ2) is 9.18. The highest BCUT2D eigenvalue weighted by atomic mass is 35.5. The summed E-state index contributed by atoms with van der Waals surface area (Å²) in [6.07, 6.45) is -0.673. The molecule has 2 aromatic carbocycles. The van der Waals surface area contributed by atoms with Gasteiger partial charge in [0.1, 0.15) is 5.75 Å². The molecule has 3 rings (SSSR count). The van der Waals surface area contributed by atoms with E-state index in [4.69, 9.17) is 16.3 Å². The van der Waals surface area contributed by atoms with E-state index in [-0.39, 0.29) is 19.0 Å². The Balaban J connectivity index is 1.69. The molecule has 6 nitrogen and oxygen atoms in total. The van der Waals surface area contributed by atoms with E-state index >= 15 is 0 Å². The van der Waals surface area contributed by atoms with E-state index in [1.165, 1.54) is 4.31 Å². The Hall–Kier alpha value is -2.09. The lowest BCUT2D eigenvalue weighted by atomic mass is 10.0. The maximum Gasteiger partial charge on any atom is 0.263 e. The van der Waals surface area contributed by atoms with E-state index in [0.717, 1.165) is 22.3 Å². The van der Waals surface area contributed by atoms with Gasteiger partial charge in [-0.2, -0.15) is 4.31 Å². The van der Waals surface area contributed by atoms with Gasteiger partial charge in [-0.15, -0.1) is 0 Å². The zero-order valence-electron chi connectivity index (χ0n) is 18.6. The number of ether oxygens (including phenoxy) is 1. The summed E-state index contributed by atoms with van der Waals surface area (Å²) < 4.78 is 34.0. The number of nitrogens with zero attached hydrogens (tertiary/aromatic N) is 2. The minimum atomic E-state index is -3.64. The minimum Gasteiger partial charge on any atom is -0.481 e. The van der Waals surface area contributed by atoms with E-state index in [1.807, 2.05) is 33.8 Å². The molecule has 0 N–H and O–H groups in total. The highest BCUT2D eigenvalue weighted by Gasteiger charge is 2.34. The Morgan fingerprint density at radius 2 is 1.48 bits per heavy atom. The number of piperazine rings is 1. The fourth-order valence-corrected chi connectivity index (χ4v) is 5.99. The number of rotatable bonds is 5. The van der Waals surface area contributed by atoms with Crippen molar-refractivity contribution in [3.05, 3.63) is 57.6 Å². The number of carbonyl (C=O) groups is 1. The van der Waals surface area contributed by atoms with Crippen LogP contribution in [-0.2, 0) is 14.8 Å². The van der Waals surface area contributed by atoms with Gasteiger partial charge in [0.05, 0.1) is 4.90 Å². The number of carbonyl (C=O) groups excluding carboxylic acids is 1. The van der Waals surface area contributed by atoms with Gasteiger partial charge in [0.15, 0.2) is 6.10 Å². The lowest BCUT2D eigenvalue weighted by Gasteiger charge is -2.35. The SMILES string of the molecule is Cc1cc(C)c(C)c(S(=O)(=O)N2CCN(C(=O)[C@H](C)Oc3ccc(Cl)cc3)CC2)c1C. The number of amides is 1. The van der Waals surface area contributed by atoms with Gasteiger partial charge in [-0.3, -0.25) is 4.79 Å². The second-order valence-electron chi connectivity index (χ2n) is 8.03. The largest absolute Gasteiger partial charge is 0.481 e. The molecule has 1 atom stereocenters. The predicted molar refractivity (Wildman–Crippen MR) is 122 cm³/mol. The first-order valence-electron chi connectivity index (χ1n) is 10.3. The monoisotopic (exact) mass is 464 g/mol. The average Bonchev–Trinajstić information content (AvgIpc) is 2.73. The Kier molecular flexibility index (Phi) is 6.98. The fourth-order valence-electron chi connectivity index (χ4n) is 3.87. The van der Waals surface area contributed by atoms with Crippen molar-refractivity contribution in [2.75, 3.05) is 26.2 Å². The van der Waals surface area contributed by atoms with Gasteiger partial charge in [0.2, 0.25) is 10.0 Å². The first-order valence-corrected chi connectivity index (χ1v) is 12.1. The number of hydrogen-bond acceptors (Lipinski definition) is 4. The zero-order valence-corrected chi connectivity index (χ0v) is 20.2. The molecule has 168 valence electrons. The molecule has 0 bridgehead atoms. The Morgan fingerprint density at radius 3 is 2.00 bits per heavy atom. The summed E-state index contributed by atoms with van der Waals surface area (Å²) in [6.45, 7) is 10.4. The smallest absolute Gasteiger partial charge is 0.263 e.